The summed E-state index contributed by atoms with van der Waals surface area (Å²) in [5.41, 5.74) is -0.120. The van der Waals surface area contributed by atoms with Crippen molar-refractivity contribution in [2.75, 3.05) is 0 Å². The van der Waals surface area contributed by atoms with Gasteiger partial charge in [-0.3, -0.25) is 9.11 Å². The molecule has 0 radical (unpaired) electrons. The van der Waals surface area contributed by atoms with Gasteiger partial charge in [-0.2, -0.15) is 16.8 Å². The molecule has 0 heterocycles. The van der Waals surface area contributed by atoms with Crippen LogP contribution in [-0.4, -0.2) is 36.2 Å². The van der Waals surface area contributed by atoms with Crippen molar-refractivity contribution in [3.63, 3.8) is 0 Å². The predicted molar refractivity (Wildman–Crippen MR) is 76.3 cm³/mol. The molecule has 0 spiro atoms. The molecule has 0 bridgehead atoms. The van der Waals surface area contributed by atoms with E-state index in [1.807, 2.05) is 0 Å². The molecule has 0 saturated carbocycles. The van der Waals surface area contributed by atoms with Gasteiger partial charge >= 0.3 is 0 Å². The molecule has 2 aromatic carbocycles. The Labute approximate surface area is 126 Å². The van der Waals surface area contributed by atoms with E-state index in [4.69, 9.17) is 4.55 Å². The Kier molecular flexibility index (Phi) is 3.81. The first-order valence-electron chi connectivity index (χ1n) is 5.93. The molecule has 0 aliphatic heterocycles. The van der Waals surface area contributed by atoms with Gasteiger partial charge in [-0.25, -0.2) is 0 Å². The van der Waals surface area contributed by atoms with E-state index >= 15 is 0 Å². The third-order valence-corrected chi connectivity index (χ3v) is 4.91. The van der Waals surface area contributed by atoms with Gasteiger partial charge in [0.2, 0.25) is 0 Å². The van der Waals surface area contributed by atoms with Crippen LogP contribution in [0.2, 0.25) is 0 Å². The maximum atomic E-state index is 11.4. The molecule has 22 heavy (non-hydrogen) atoms. The van der Waals surface area contributed by atoms with Crippen molar-refractivity contribution in [2.24, 2.45) is 0 Å². The lowest BCUT2D eigenvalue weighted by Crippen LogP contribution is -2.04. The van der Waals surface area contributed by atoms with Crippen LogP contribution in [0.15, 0.2) is 28.0 Å². The highest BCUT2D eigenvalue weighted by Gasteiger charge is 2.23. The fourth-order valence-corrected chi connectivity index (χ4v) is 3.58. The van der Waals surface area contributed by atoms with Crippen LogP contribution in [0.4, 0.5) is 0 Å². The molecule has 8 nitrogen and oxygen atoms in total. The first kappa shape index (κ1) is 16.5. The van der Waals surface area contributed by atoms with Crippen LogP contribution < -0.4 is 0 Å². The van der Waals surface area contributed by atoms with E-state index in [2.05, 4.69) is 0 Å². The fraction of sp³-hybridized carbons (Fsp3) is 0.167. The molecule has 0 atom stereocenters. The standard InChI is InChI=1S/C12H12O8S2/c1-2-8-10(22(18,19)20)4-6-3-7(21(15,16)17)5-9(13)11(6)12(8)14/h3-5,13-14H,2H2,1H3,(H,15,16,17)(H,18,19,20). The molecule has 0 saturated heterocycles. The van der Waals surface area contributed by atoms with E-state index in [0.29, 0.717) is 0 Å². The van der Waals surface area contributed by atoms with Gasteiger partial charge in [0.05, 0.1) is 10.3 Å². The maximum absolute atomic E-state index is 11.4. The van der Waals surface area contributed by atoms with E-state index in [9.17, 15) is 31.6 Å². The summed E-state index contributed by atoms with van der Waals surface area (Å²) in [6.07, 6.45) is 0.0381. The van der Waals surface area contributed by atoms with Crippen molar-refractivity contribution in [3.8, 4) is 11.5 Å². The van der Waals surface area contributed by atoms with Gasteiger partial charge in [-0.05, 0) is 23.9 Å². The van der Waals surface area contributed by atoms with Crippen LogP contribution >= 0.6 is 0 Å². The fourth-order valence-electron chi connectivity index (χ4n) is 2.21. The van der Waals surface area contributed by atoms with Gasteiger partial charge in [-0.1, -0.05) is 6.92 Å². The van der Waals surface area contributed by atoms with Gasteiger partial charge in [0.15, 0.2) is 0 Å². The number of benzene rings is 2. The molecule has 0 unspecified atom stereocenters. The summed E-state index contributed by atoms with van der Waals surface area (Å²) < 4.78 is 63.3. The third-order valence-electron chi connectivity index (χ3n) is 3.16. The second kappa shape index (κ2) is 5.09. The Morgan fingerprint density at radius 2 is 1.55 bits per heavy atom. The SMILES string of the molecule is CCc1c(S(=O)(=O)O)cc2cc(S(=O)(=O)O)cc(O)c2c1O. The van der Waals surface area contributed by atoms with Crippen molar-refractivity contribution in [2.45, 2.75) is 23.1 Å². The van der Waals surface area contributed by atoms with Gasteiger partial charge in [0.1, 0.15) is 16.4 Å². The summed E-state index contributed by atoms with van der Waals surface area (Å²) in [4.78, 5) is -1.28. The molecular weight excluding hydrogens is 336 g/mol. The van der Waals surface area contributed by atoms with Crippen molar-refractivity contribution in [1.82, 2.24) is 0 Å². The summed E-state index contributed by atoms with van der Waals surface area (Å²) in [5.74, 6) is -1.24. The highest BCUT2D eigenvalue weighted by molar-refractivity contribution is 7.86. The van der Waals surface area contributed by atoms with E-state index in [0.717, 1.165) is 18.2 Å². The largest absolute Gasteiger partial charge is 0.507 e. The molecule has 2 rings (SSSR count). The number of fused-ring (bicyclic) bond motifs is 1. The van der Waals surface area contributed by atoms with Gasteiger partial charge in [0, 0.05) is 11.6 Å². The molecular formula is C12H12O8S2. The van der Waals surface area contributed by atoms with Crippen molar-refractivity contribution < 1.29 is 36.2 Å². The highest BCUT2D eigenvalue weighted by atomic mass is 32.2. The third kappa shape index (κ3) is 2.73. The summed E-state index contributed by atoms with van der Waals surface area (Å²) in [6.45, 7) is 1.53. The monoisotopic (exact) mass is 348 g/mol. The Morgan fingerprint density at radius 3 is 2.00 bits per heavy atom. The lowest BCUT2D eigenvalue weighted by Gasteiger charge is -2.13. The average molecular weight is 348 g/mol. The van der Waals surface area contributed by atoms with Gasteiger partial charge in [0.25, 0.3) is 20.2 Å². The molecule has 0 fully saturated rings. The first-order chi connectivity index (χ1) is 9.96. The van der Waals surface area contributed by atoms with E-state index in [1.165, 1.54) is 6.92 Å². The average Bonchev–Trinajstić information content (AvgIpc) is 2.35. The highest BCUT2D eigenvalue weighted by Crippen LogP contribution is 2.40. The van der Waals surface area contributed by atoms with Crippen LogP contribution in [0.3, 0.4) is 0 Å². The Morgan fingerprint density at radius 1 is 0.955 bits per heavy atom. The summed E-state index contributed by atoms with van der Waals surface area (Å²) in [6, 6.07) is 2.51. The van der Waals surface area contributed by atoms with E-state index in [-0.39, 0.29) is 22.8 Å². The topological polar surface area (TPSA) is 149 Å². The van der Waals surface area contributed by atoms with Gasteiger partial charge in [-0.15, -0.1) is 0 Å². The molecule has 0 aromatic heterocycles. The van der Waals surface area contributed by atoms with Crippen LogP contribution in [0.25, 0.3) is 10.8 Å². The number of phenolic OH excluding ortho intramolecular Hbond substituents is 2. The summed E-state index contributed by atoms with van der Waals surface area (Å²) in [5, 5.41) is 19.6. The minimum Gasteiger partial charge on any atom is -0.507 e. The van der Waals surface area contributed by atoms with E-state index in [1.54, 1.807) is 0 Å². The molecule has 120 valence electrons. The molecule has 0 aliphatic rings. The number of hydrogen-bond acceptors (Lipinski definition) is 6. The van der Waals surface area contributed by atoms with Crippen LogP contribution in [-0.2, 0) is 26.7 Å². The Bertz CT molecular complexity index is 974. The zero-order valence-electron chi connectivity index (χ0n) is 11.2. The zero-order valence-corrected chi connectivity index (χ0v) is 12.8. The lowest BCUT2D eigenvalue weighted by molar-refractivity contribution is 0.452. The Hall–Kier alpha value is -1.88. The first-order valence-corrected chi connectivity index (χ1v) is 8.81. The number of hydrogen-bond donors (Lipinski definition) is 4. The minimum atomic E-state index is -4.67. The van der Waals surface area contributed by atoms with Crippen molar-refractivity contribution in [1.29, 1.82) is 0 Å². The minimum absolute atomic E-state index is 0.0381. The van der Waals surface area contributed by atoms with Crippen LogP contribution in [0, 0.1) is 0 Å². The maximum Gasteiger partial charge on any atom is 0.294 e. The number of phenols is 2. The van der Waals surface area contributed by atoms with E-state index < -0.39 is 41.5 Å². The van der Waals surface area contributed by atoms with Crippen LogP contribution in [0.1, 0.15) is 12.5 Å². The lowest BCUT2D eigenvalue weighted by atomic mass is 10.0. The van der Waals surface area contributed by atoms with Crippen molar-refractivity contribution in [3.05, 3.63) is 23.8 Å². The van der Waals surface area contributed by atoms with Crippen LogP contribution in [0.5, 0.6) is 11.5 Å². The molecule has 0 amide bonds. The van der Waals surface area contributed by atoms with Crippen molar-refractivity contribution >= 4 is 31.0 Å². The second-order valence-electron chi connectivity index (χ2n) is 4.55. The normalized spacial score (nSPS) is 12.7. The number of aromatic hydroxyl groups is 2. The van der Waals surface area contributed by atoms with Gasteiger partial charge < -0.3 is 10.2 Å². The molecule has 0 aliphatic carbocycles. The Balaban J connectivity index is 3.04. The summed E-state index contributed by atoms with van der Waals surface area (Å²) >= 11 is 0. The molecule has 4 N–H and O–H groups in total. The predicted octanol–water partition coefficient (Wildman–Crippen LogP) is 1.31. The molecule has 2 aromatic rings. The summed E-state index contributed by atoms with van der Waals surface area (Å²) in [7, 11) is -9.32. The number of rotatable bonds is 3. The zero-order chi connectivity index (χ0) is 16.9. The quantitative estimate of drug-likeness (QED) is 0.606. The second-order valence-corrected chi connectivity index (χ2v) is 7.36. The smallest absolute Gasteiger partial charge is 0.294 e. The molecule has 10 heteroatoms.